The van der Waals surface area contributed by atoms with Crippen molar-refractivity contribution >= 4 is 15.7 Å². The van der Waals surface area contributed by atoms with Crippen molar-refractivity contribution in [3.8, 4) is 5.75 Å². The number of ether oxygens (including phenoxy) is 2. The van der Waals surface area contributed by atoms with Crippen molar-refractivity contribution in [3.05, 3.63) is 53.6 Å². The van der Waals surface area contributed by atoms with Crippen LogP contribution in [-0.4, -0.2) is 27.2 Å². The van der Waals surface area contributed by atoms with Crippen LogP contribution >= 0.6 is 0 Å². The van der Waals surface area contributed by atoms with Gasteiger partial charge in [0.1, 0.15) is 23.6 Å². The molecule has 0 radical (unpaired) electrons. The van der Waals surface area contributed by atoms with E-state index in [4.69, 9.17) is 9.47 Å². The van der Waals surface area contributed by atoms with E-state index in [1.807, 2.05) is 13.8 Å². The van der Waals surface area contributed by atoms with Gasteiger partial charge in [-0.1, -0.05) is 6.07 Å². The maximum absolute atomic E-state index is 13.0. The number of alkyl halides is 3. The number of benzene rings is 2. The van der Waals surface area contributed by atoms with E-state index in [1.54, 1.807) is 6.07 Å². The Labute approximate surface area is 160 Å². The number of fused-ring (bicyclic) bond motifs is 3. The molecule has 2 aromatic rings. The fourth-order valence-electron chi connectivity index (χ4n) is 3.40. The second-order valence-electron chi connectivity index (χ2n) is 7.40. The van der Waals surface area contributed by atoms with Crippen molar-refractivity contribution in [1.29, 1.82) is 0 Å². The predicted molar refractivity (Wildman–Crippen MR) is 95.8 cm³/mol. The molecule has 0 aromatic heterocycles. The normalized spacial score (nSPS) is 22.6. The zero-order valence-corrected chi connectivity index (χ0v) is 16.1. The number of sulfonamides is 1. The Bertz CT molecular complexity index is 1050. The molecule has 0 aliphatic carbocycles. The first-order valence-electron chi connectivity index (χ1n) is 8.56. The Morgan fingerprint density at radius 1 is 1.11 bits per heavy atom. The molecule has 2 aliphatic rings. The molecule has 2 unspecified atom stereocenters. The standard InChI is InChI=1S/C19H18F3NO4S/c1-18(2)17-16(26-17)14-10-13(7-8-15(14)27-18)28(24,25)23(3)12-6-4-5-11(9-12)19(20,21)22/h4-10,16-17H,1-3H3. The highest BCUT2D eigenvalue weighted by molar-refractivity contribution is 7.92. The van der Waals surface area contributed by atoms with Gasteiger partial charge in [-0.15, -0.1) is 0 Å². The van der Waals surface area contributed by atoms with Crippen LogP contribution in [0.1, 0.15) is 31.1 Å². The Balaban J connectivity index is 1.69. The number of hydrogen-bond donors (Lipinski definition) is 0. The maximum atomic E-state index is 13.0. The molecule has 0 amide bonds. The first-order valence-corrected chi connectivity index (χ1v) is 10.00. The van der Waals surface area contributed by atoms with Crippen LogP contribution in [0.4, 0.5) is 18.9 Å². The summed E-state index contributed by atoms with van der Waals surface area (Å²) < 4.78 is 77.2. The third kappa shape index (κ3) is 3.02. The quantitative estimate of drug-likeness (QED) is 0.710. The lowest BCUT2D eigenvalue weighted by atomic mass is 9.94. The largest absolute Gasteiger partial charge is 0.485 e. The van der Waals surface area contributed by atoms with E-state index in [9.17, 15) is 21.6 Å². The molecule has 9 heteroatoms. The predicted octanol–water partition coefficient (Wildman–Crippen LogP) is 4.14. The van der Waals surface area contributed by atoms with E-state index < -0.39 is 27.4 Å². The van der Waals surface area contributed by atoms with Gasteiger partial charge >= 0.3 is 6.18 Å². The molecule has 2 aliphatic heterocycles. The second kappa shape index (κ2) is 5.87. The number of hydrogen-bond acceptors (Lipinski definition) is 4. The van der Waals surface area contributed by atoms with Gasteiger partial charge in [-0.2, -0.15) is 13.2 Å². The summed E-state index contributed by atoms with van der Waals surface area (Å²) >= 11 is 0. The monoisotopic (exact) mass is 413 g/mol. The Morgan fingerprint density at radius 3 is 2.50 bits per heavy atom. The van der Waals surface area contributed by atoms with E-state index in [0.29, 0.717) is 11.3 Å². The average molecular weight is 413 g/mol. The lowest BCUT2D eigenvalue weighted by molar-refractivity contribution is -0.137. The third-order valence-corrected chi connectivity index (χ3v) is 6.81. The van der Waals surface area contributed by atoms with Crippen LogP contribution in [0.3, 0.4) is 0 Å². The average Bonchev–Trinajstić information content (AvgIpc) is 3.42. The molecular formula is C19H18F3NO4S. The molecule has 4 rings (SSSR count). The number of halogens is 3. The van der Waals surface area contributed by atoms with Crippen molar-refractivity contribution in [2.75, 3.05) is 11.4 Å². The van der Waals surface area contributed by atoms with E-state index >= 15 is 0 Å². The zero-order valence-electron chi connectivity index (χ0n) is 15.3. The van der Waals surface area contributed by atoms with Crippen molar-refractivity contribution in [2.24, 2.45) is 0 Å². The molecule has 1 fully saturated rings. The summed E-state index contributed by atoms with van der Waals surface area (Å²) in [6.07, 6.45) is -4.96. The third-order valence-electron chi connectivity index (χ3n) is 5.03. The molecule has 5 nitrogen and oxygen atoms in total. The van der Waals surface area contributed by atoms with E-state index in [2.05, 4.69) is 0 Å². The van der Waals surface area contributed by atoms with Crippen LogP contribution in [0.25, 0.3) is 0 Å². The molecule has 1 saturated heterocycles. The highest BCUT2D eigenvalue weighted by atomic mass is 32.2. The highest BCUT2D eigenvalue weighted by Crippen LogP contribution is 2.54. The number of epoxide rings is 1. The molecule has 2 heterocycles. The Morgan fingerprint density at radius 2 is 1.82 bits per heavy atom. The molecule has 0 saturated carbocycles. The van der Waals surface area contributed by atoms with Gasteiger partial charge in [0.15, 0.2) is 0 Å². The van der Waals surface area contributed by atoms with Crippen LogP contribution in [0, 0.1) is 0 Å². The number of nitrogens with zero attached hydrogens (tertiary/aromatic N) is 1. The minimum atomic E-state index is -4.56. The fourth-order valence-corrected chi connectivity index (χ4v) is 4.62. The van der Waals surface area contributed by atoms with Crippen LogP contribution in [0.5, 0.6) is 5.75 Å². The summed E-state index contributed by atoms with van der Waals surface area (Å²) in [7, 11) is -2.84. The summed E-state index contributed by atoms with van der Waals surface area (Å²) in [5.41, 5.74) is -0.872. The van der Waals surface area contributed by atoms with Crippen molar-refractivity contribution in [1.82, 2.24) is 0 Å². The van der Waals surface area contributed by atoms with E-state index in [1.165, 1.54) is 31.3 Å². The lowest BCUT2D eigenvalue weighted by Crippen LogP contribution is -2.37. The molecule has 28 heavy (non-hydrogen) atoms. The molecular weight excluding hydrogens is 395 g/mol. The molecule has 2 aromatic carbocycles. The lowest BCUT2D eigenvalue weighted by Gasteiger charge is -2.30. The number of rotatable bonds is 3. The van der Waals surface area contributed by atoms with Crippen LogP contribution in [-0.2, 0) is 20.9 Å². The first-order chi connectivity index (χ1) is 12.9. The van der Waals surface area contributed by atoms with Crippen LogP contribution < -0.4 is 9.04 Å². The topological polar surface area (TPSA) is 59.1 Å². The maximum Gasteiger partial charge on any atom is 0.416 e. The van der Waals surface area contributed by atoms with Crippen molar-refractivity contribution in [2.45, 2.75) is 42.7 Å². The van der Waals surface area contributed by atoms with Crippen molar-refractivity contribution in [3.63, 3.8) is 0 Å². The van der Waals surface area contributed by atoms with Gasteiger partial charge in [-0.25, -0.2) is 8.42 Å². The van der Waals surface area contributed by atoms with Crippen LogP contribution in [0.15, 0.2) is 47.4 Å². The van der Waals surface area contributed by atoms with Gasteiger partial charge in [0.05, 0.1) is 16.1 Å². The molecule has 0 bridgehead atoms. The van der Waals surface area contributed by atoms with Gasteiger partial charge in [-0.3, -0.25) is 4.31 Å². The minimum absolute atomic E-state index is 0.0382. The summed E-state index contributed by atoms with van der Waals surface area (Å²) in [6.45, 7) is 3.79. The van der Waals surface area contributed by atoms with E-state index in [0.717, 1.165) is 16.4 Å². The Kier molecular flexibility index (Phi) is 4.00. The zero-order chi connectivity index (χ0) is 20.5. The number of anilines is 1. The molecule has 0 N–H and O–H groups in total. The van der Waals surface area contributed by atoms with Crippen LogP contribution in [0.2, 0.25) is 0 Å². The molecule has 150 valence electrons. The Hall–Kier alpha value is -2.26. The second-order valence-corrected chi connectivity index (χ2v) is 9.37. The first kappa shape index (κ1) is 19.1. The summed E-state index contributed by atoms with van der Waals surface area (Å²) in [4.78, 5) is -0.0382. The summed E-state index contributed by atoms with van der Waals surface area (Å²) in [6, 6.07) is 8.61. The minimum Gasteiger partial charge on any atom is -0.485 e. The van der Waals surface area contributed by atoms with Gasteiger partial charge in [0.2, 0.25) is 0 Å². The smallest absolute Gasteiger partial charge is 0.416 e. The summed E-state index contributed by atoms with van der Waals surface area (Å²) in [5, 5.41) is 0. The van der Waals surface area contributed by atoms with Crippen molar-refractivity contribution < 1.29 is 31.1 Å². The summed E-state index contributed by atoms with van der Waals surface area (Å²) in [5.74, 6) is 0.546. The fraction of sp³-hybridized carbons (Fsp3) is 0.368. The van der Waals surface area contributed by atoms with E-state index in [-0.39, 0.29) is 22.8 Å². The highest BCUT2D eigenvalue weighted by Gasteiger charge is 2.56. The SMILES string of the molecule is CN(c1cccc(C(F)(F)F)c1)S(=O)(=O)c1ccc2c(c1)C1OC1C(C)(C)O2. The van der Waals surface area contributed by atoms with Gasteiger partial charge in [-0.05, 0) is 50.2 Å². The van der Waals surface area contributed by atoms with Gasteiger partial charge in [0.25, 0.3) is 10.0 Å². The molecule has 0 spiro atoms. The molecule has 2 atom stereocenters. The van der Waals surface area contributed by atoms with Gasteiger partial charge in [0, 0.05) is 12.6 Å². The van der Waals surface area contributed by atoms with Gasteiger partial charge < -0.3 is 9.47 Å².